The second-order valence-corrected chi connectivity index (χ2v) is 11.1. The smallest absolute Gasteiger partial charge is 0.471 e. The van der Waals surface area contributed by atoms with E-state index in [0.29, 0.717) is 0 Å². The summed E-state index contributed by atoms with van der Waals surface area (Å²) in [6, 6.07) is 8.14. The van der Waals surface area contributed by atoms with Crippen molar-refractivity contribution in [2.45, 2.75) is 56.2 Å². The van der Waals surface area contributed by atoms with Gasteiger partial charge in [-0.25, -0.2) is 4.98 Å². The molecule has 0 radical (unpaired) electrons. The summed E-state index contributed by atoms with van der Waals surface area (Å²) in [7, 11) is 0. The normalized spacial score (nSPS) is 17.0. The summed E-state index contributed by atoms with van der Waals surface area (Å²) in [5.41, 5.74) is -6.75. The minimum absolute atomic E-state index is 0.0415. The molecule has 1 aromatic heterocycles. The van der Waals surface area contributed by atoms with E-state index in [-0.39, 0.29) is 50.3 Å². The van der Waals surface area contributed by atoms with Crippen LogP contribution in [0.15, 0.2) is 48.5 Å². The molecule has 3 aromatic rings. The molecule has 1 aliphatic rings. The van der Waals surface area contributed by atoms with Gasteiger partial charge in [0, 0.05) is 28.1 Å². The maximum atomic E-state index is 13.4. The van der Waals surface area contributed by atoms with Gasteiger partial charge in [0.1, 0.15) is 11.4 Å². The van der Waals surface area contributed by atoms with Gasteiger partial charge in [-0.3, -0.25) is 4.79 Å². The fourth-order valence-corrected chi connectivity index (χ4v) is 5.00. The van der Waals surface area contributed by atoms with Crippen molar-refractivity contribution in [3.8, 4) is 34.0 Å². The van der Waals surface area contributed by atoms with Crippen LogP contribution in [0.1, 0.15) is 31.9 Å². The number of aromatic nitrogens is 1. The Balaban J connectivity index is 1.90. The molecule has 0 aliphatic carbocycles. The first-order valence-electron chi connectivity index (χ1n) is 12.2. The molecule has 0 saturated heterocycles. The number of halogens is 11. The maximum absolute atomic E-state index is 13.4. The number of amides is 1. The van der Waals surface area contributed by atoms with E-state index in [0.717, 1.165) is 12.1 Å². The number of ether oxygens (including phenoxy) is 2. The SMILES string of the molecule is CC1(C)C[C@@H](NC(=O)C(O)(C(F)(F)F)C(F)(F)F)c2cc(-c3ccc(OC(F)(F)F)cc3)c(-c3ccc(Cl)cc3Cl)nc2O1. The van der Waals surface area contributed by atoms with Crippen LogP contribution >= 0.6 is 23.2 Å². The van der Waals surface area contributed by atoms with Crippen LogP contribution in [0.4, 0.5) is 39.5 Å². The minimum atomic E-state index is -6.43. The number of nitrogens with one attached hydrogen (secondary N) is 1. The number of carbonyl (C=O) groups is 1. The average molecular weight is 677 g/mol. The van der Waals surface area contributed by atoms with Gasteiger partial charge in [-0.1, -0.05) is 35.3 Å². The van der Waals surface area contributed by atoms with Gasteiger partial charge in [0.15, 0.2) is 0 Å². The van der Waals surface area contributed by atoms with E-state index < -0.39 is 47.6 Å². The van der Waals surface area contributed by atoms with Gasteiger partial charge in [-0.15, -0.1) is 13.2 Å². The third kappa shape index (κ3) is 6.64. The molecule has 2 heterocycles. The van der Waals surface area contributed by atoms with Crippen LogP contribution in [0.2, 0.25) is 10.0 Å². The molecular formula is C27H19Cl2F9N2O4. The Morgan fingerprint density at radius 2 is 1.55 bits per heavy atom. The van der Waals surface area contributed by atoms with Gasteiger partial charge in [-0.2, -0.15) is 26.3 Å². The number of alkyl halides is 9. The summed E-state index contributed by atoms with van der Waals surface area (Å²) in [6.45, 7) is 2.86. The number of hydrogen-bond donors (Lipinski definition) is 2. The fourth-order valence-electron chi connectivity index (χ4n) is 4.50. The maximum Gasteiger partial charge on any atom is 0.573 e. The van der Waals surface area contributed by atoms with Crippen LogP contribution < -0.4 is 14.8 Å². The van der Waals surface area contributed by atoms with Crippen molar-refractivity contribution in [2.24, 2.45) is 0 Å². The Hall–Kier alpha value is -3.43. The monoisotopic (exact) mass is 676 g/mol. The zero-order valence-electron chi connectivity index (χ0n) is 22.2. The van der Waals surface area contributed by atoms with E-state index in [2.05, 4.69) is 9.72 Å². The number of rotatable bonds is 5. The summed E-state index contributed by atoms with van der Waals surface area (Å²) in [5.74, 6) is -3.69. The molecule has 2 N–H and O–H groups in total. The van der Waals surface area contributed by atoms with Crippen molar-refractivity contribution in [1.82, 2.24) is 10.3 Å². The summed E-state index contributed by atoms with van der Waals surface area (Å²) in [5, 5.41) is 11.5. The molecule has 44 heavy (non-hydrogen) atoms. The molecule has 1 atom stereocenters. The molecule has 0 fully saturated rings. The number of aliphatic hydroxyl groups is 1. The Kier molecular flexibility index (Phi) is 8.50. The lowest BCUT2D eigenvalue weighted by Gasteiger charge is -2.39. The Bertz CT molecular complexity index is 1560. The predicted octanol–water partition coefficient (Wildman–Crippen LogP) is 8.20. The van der Waals surface area contributed by atoms with Crippen LogP contribution in [-0.4, -0.2) is 45.9 Å². The molecule has 4 rings (SSSR count). The van der Waals surface area contributed by atoms with Crippen LogP contribution in [0.25, 0.3) is 22.4 Å². The summed E-state index contributed by atoms with van der Waals surface area (Å²) in [4.78, 5) is 16.9. The van der Waals surface area contributed by atoms with Crippen molar-refractivity contribution < 1.29 is 58.9 Å². The van der Waals surface area contributed by atoms with Gasteiger partial charge in [0.25, 0.3) is 5.91 Å². The number of benzene rings is 2. The minimum Gasteiger partial charge on any atom is -0.471 e. The highest BCUT2D eigenvalue weighted by atomic mass is 35.5. The van der Waals surface area contributed by atoms with Crippen molar-refractivity contribution in [3.05, 3.63) is 64.1 Å². The fraction of sp³-hybridized carbons (Fsp3) is 0.333. The second kappa shape index (κ2) is 11.2. The molecule has 0 bridgehead atoms. The largest absolute Gasteiger partial charge is 0.573 e. The molecule has 238 valence electrons. The van der Waals surface area contributed by atoms with Gasteiger partial charge >= 0.3 is 24.3 Å². The van der Waals surface area contributed by atoms with Gasteiger partial charge < -0.3 is 19.9 Å². The average Bonchev–Trinajstić information content (AvgIpc) is 2.85. The zero-order chi connectivity index (χ0) is 33.0. The highest BCUT2D eigenvalue weighted by Gasteiger charge is 2.75. The lowest BCUT2D eigenvalue weighted by molar-refractivity contribution is -0.350. The molecule has 1 aliphatic heterocycles. The van der Waals surface area contributed by atoms with Gasteiger partial charge in [0.05, 0.1) is 16.8 Å². The quantitative estimate of drug-likeness (QED) is 0.267. The van der Waals surface area contributed by atoms with Crippen molar-refractivity contribution in [1.29, 1.82) is 0 Å². The van der Waals surface area contributed by atoms with Gasteiger partial charge in [-0.05, 0) is 55.8 Å². The zero-order valence-corrected chi connectivity index (χ0v) is 23.7. The topological polar surface area (TPSA) is 80.7 Å². The molecule has 6 nitrogen and oxygen atoms in total. The second-order valence-electron chi connectivity index (χ2n) is 10.3. The van der Waals surface area contributed by atoms with Crippen molar-refractivity contribution in [2.75, 3.05) is 0 Å². The van der Waals surface area contributed by atoms with E-state index in [1.807, 2.05) is 0 Å². The Morgan fingerprint density at radius 1 is 0.955 bits per heavy atom. The van der Waals surface area contributed by atoms with Crippen LogP contribution in [-0.2, 0) is 4.79 Å². The van der Waals surface area contributed by atoms with Gasteiger partial charge in [0.2, 0.25) is 5.88 Å². The van der Waals surface area contributed by atoms with Crippen LogP contribution in [0, 0.1) is 0 Å². The van der Waals surface area contributed by atoms with Crippen LogP contribution in [0.5, 0.6) is 11.6 Å². The molecular weight excluding hydrogens is 658 g/mol. The highest BCUT2D eigenvalue weighted by Crippen LogP contribution is 2.47. The molecule has 17 heteroatoms. The number of pyridine rings is 1. The lowest BCUT2D eigenvalue weighted by atomic mass is 9.87. The predicted molar refractivity (Wildman–Crippen MR) is 139 cm³/mol. The first-order chi connectivity index (χ1) is 20.0. The van der Waals surface area contributed by atoms with Crippen molar-refractivity contribution >= 4 is 29.1 Å². The molecule has 0 spiro atoms. The van der Waals surface area contributed by atoms with Crippen LogP contribution in [0.3, 0.4) is 0 Å². The summed E-state index contributed by atoms with van der Waals surface area (Å²) < 4.78 is 128. The molecule has 2 aromatic carbocycles. The summed E-state index contributed by atoms with van der Waals surface area (Å²) >= 11 is 12.4. The van der Waals surface area contributed by atoms with E-state index in [1.165, 1.54) is 50.2 Å². The van der Waals surface area contributed by atoms with Crippen molar-refractivity contribution in [3.63, 3.8) is 0 Å². The number of nitrogens with zero attached hydrogens (tertiary/aromatic N) is 1. The number of hydrogen-bond acceptors (Lipinski definition) is 5. The molecule has 0 saturated carbocycles. The molecule has 1 amide bonds. The molecule has 0 unspecified atom stereocenters. The standard InChI is InChI=1S/C27H19Cl2F9N2O4/c1-23(2)11-19(39-22(41)24(42,25(30,31)32)26(33,34)35)17-10-16(12-3-6-14(7-4-12)43-27(36,37)38)20(40-21(17)44-23)15-8-5-13(28)9-18(15)29/h3-10,19,42H,11H2,1-2H3,(H,39,41)/t19-/m1/s1. The first kappa shape index (κ1) is 33.5. The van der Waals surface area contributed by atoms with E-state index in [1.54, 1.807) is 5.32 Å². The van der Waals surface area contributed by atoms with E-state index >= 15 is 0 Å². The van der Waals surface area contributed by atoms with E-state index in [9.17, 15) is 49.4 Å². The summed E-state index contributed by atoms with van der Waals surface area (Å²) in [6.07, 6.45) is -18.2. The Morgan fingerprint density at radius 3 is 2.07 bits per heavy atom. The van der Waals surface area contributed by atoms with E-state index in [4.69, 9.17) is 27.9 Å². The lowest BCUT2D eigenvalue weighted by Crippen LogP contribution is -2.66. The first-order valence-corrected chi connectivity index (χ1v) is 13.0. The highest BCUT2D eigenvalue weighted by molar-refractivity contribution is 6.36. The third-order valence-electron chi connectivity index (χ3n) is 6.50. The third-order valence-corrected chi connectivity index (χ3v) is 7.05. The number of fused-ring (bicyclic) bond motifs is 1. The Labute approximate surface area is 252 Å². The number of carbonyl (C=O) groups excluding carboxylic acids is 1.